The summed E-state index contributed by atoms with van der Waals surface area (Å²) >= 11 is 0. The zero-order valence-corrected chi connectivity index (χ0v) is 12.4. The van der Waals surface area contributed by atoms with Gasteiger partial charge in [0.25, 0.3) is 0 Å². The molecule has 0 fully saturated rings. The van der Waals surface area contributed by atoms with Crippen LogP contribution in [0.2, 0.25) is 0 Å². The Balaban J connectivity index is 3.22. The zero-order chi connectivity index (χ0) is 14.2. The molecule has 0 aliphatic heterocycles. The van der Waals surface area contributed by atoms with E-state index in [-0.39, 0.29) is 5.76 Å². The first kappa shape index (κ1) is 17.8. The predicted molar refractivity (Wildman–Crippen MR) is 83.5 cm³/mol. The molecule has 0 aliphatic carbocycles. The molecule has 0 aliphatic rings. The van der Waals surface area contributed by atoms with Crippen LogP contribution in [0.5, 0.6) is 0 Å². The second kappa shape index (κ2) is 14.9. The van der Waals surface area contributed by atoms with Crippen LogP contribution in [-0.2, 0) is 0 Å². The Morgan fingerprint density at radius 3 is 2.00 bits per heavy atom. The Morgan fingerprint density at radius 2 is 1.42 bits per heavy atom. The Labute approximate surface area is 118 Å². The first-order chi connectivity index (χ1) is 9.31. The molecular weight excluding hydrogens is 236 g/mol. The van der Waals surface area contributed by atoms with Crippen LogP contribution in [-0.4, -0.2) is 10.2 Å². The van der Waals surface area contributed by atoms with Gasteiger partial charge in [0, 0.05) is 0 Å². The zero-order valence-electron chi connectivity index (χ0n) is 12.4. The van der Waals surface area contributed by atoms with Crippen molar-refractivity contribution in [3.63, 3.8) is 0 Å². The Morgan fingerprint density at radius 1 is 0.842 bits per heavy atom. The molecule has 0 saturated carbocycles. The lowest BCUT2D eigenvalue weighted by molar-refractivity contribution is 0.377. The molecule has 2 heteroatoms. The Hall–Kier alpha value is -1.18. The van der Waals surface area contributed by atoms with E-state index in [1.165, 1.54) is 63.9 Å². The maximum absolute atomic E-state index is 8.93. The van der Waals surface area contributed by atoms with Crippen LogP contribution < -0.4 is 0 Å². The first-order valence-corrected chi connectivity index (χ1v) is 7.67. The molecule has 0 heterocycles. The molecule has 0 saturated heterocycles. The number of rotatable bonds is 12. The topological polar surface area (TPSA) is 40.5 Å². The van der Waals surface area contributed by atoms with Gasteiger partial charge in [0.1, 0.15) is 12.0 Å². The van der Waals surface area contributed by atoms with E-state index >= 15 is 0 Å². The lowest BCUT2D eigenvalue weighted by Gasteiger charge is -2.00. The summed E-state index contributed by atoms with van der Waals surface area (Å²) in [6, 6.07) is 0. The number of unbranched alkanes of at least 4 members (excludes halogenated alkanes) is 9. The van der Waals surface area contributed by atoms with Crippen molar-refractivity contribution in [3.8, 4) is 0 Å². The fourth-order valence-electron chi connectivity index (χ4n) is 1.94. The van der Waals surface area contributed by atoms with Crippen molar-refractivity contribution in [1.29, 1.82) is 0 Å². The van der Waals surface area contributed by atoms with Gasteiger partial charge >= 0.3 is 0 Å². The van der Waals surface area contributed by atoms with Crippen molar-refractivity contribution in [2.75, 3.05) is 0 Å². The van der Waals surface area contributed by atoms with Gasteiger partial charge in [-0.1, -0.05) is 76.5 Å². The van der Waals surface area contributed by atoms with Gasteiger partial charge in [-0.25, -0.2) is 0 Å². The molecule has 0 unspecified atom stereocenters. The van der Waals surface area contributed by atoms with E-state index in [0.29, 0.717) is 6.26 Å². The van der Waals surface area contributed by atoms with Crippen molar-refractivity contribution in [2.45, 2.75) is 71.1 Å². The molecule has 0 bridgehead atoms. The van der Waals surface area contributed by atoms with Gasteiger partial charge in [-0.05, 0) is 18.9 Å². The van der Waals surface area contributed by atoms with E-state index < -0.39 is 0 Å². The number of hydrogen-bond acceptors (Lipinski definition) is 2. The number of hydrogen-bond donors (Lipinski definition) is 2. The Kier molecular flexibility index (Phi) is 14.0. The standard InChI is InChI=1S/C17H30O2/c1-2-3-4-5-6-7-8-9-10-11-12-13-14-15-17(19)16-18/h12-16,18-19H,2-11H2,1H3. The molecule has 0 rings (SSSR count). The third kappa shape index (κ3) is 14.8. The minimum atomic E-state index is -0.118. The second-order valence-electron chi connectivity index (χ2n) is 4.96. The van der Waals surface area contributed by atoms with E-state index in [4.69, 9.17) is 10.2 Å². The molecule has 110 valence electrons. The molecule has 2 N–H and O–H groups in total. The minimum Gasteiger partial charge on any atom is -0.512 e. The van der Waals surface area contributed by atoms with Crippen molar-refractivity contribution >= 4 is 0 Å². The van der Waals surface area contributed by atoms with Gasteiger partial charge in [-0.2, -0.15) is 0 Å². The molecule has 0 aromatic rings. The van der Waals surface area contributed by atoms with Crippen molar-refractivity contribution in [2.24, 2.45) is 0 Å². The molecule has 0 amide bonds. The summed E-state index contributed by atoms with van der Waals surface area (Å²) in [5.74, 6) is -0.118. The average molecular weight is 266 g/mol. The van der Waals surface area contributed by atoms with Gasteiger partial charge in [0.15, 0.2) is 0 Å². The van der Waals surface area contributed by atoms with E-state index in [9.17, 15) is 0 Å². The smallest absolute Gasteiger partial charge is 0.149 e. The summed E-state index contributed by atoms with van der Waals surface area (Å²) in [7, 11) is 0. The largest absolute Gasteiger partial charge is 0.512 e. The summed E-state index contributed by atoms with van der Waals surface area (Å²) in [4.78, 5) is 0. The lowest BCUT2D eigenvalue weighted by Crippen LogP contribution is -1.80. The lowest BCUT2D eigenvalue weighted by atomic mass is 10.1. The van der Waals surface area contributed by atoms with Gasteiger partial charge < -0.3 is 10.2 Å². The van der Waals surface area contributed by atoms with E-state index in [0.717, 1.165) is 6.42 Å². The highest BCUT2D eigenvalue weighted by atomic mass is 16.3. The summed E-state index contributed by atoms with van der Waals surface area (Å²) in [5.41, 5.74) is 0. The fourth-order valence-corrected chi connectivity index (χ4v) is 1.94. The van der Waals surface area contributed by atoms with Crippen molar-refractivity contribution in [1.82, 2.24) is 0 Å². The van der Waals surface area contributed by atoms with E-state index in [1.54, 1.807) is 6.08 Å². The number of aliphatic hydroxyl groups is 2. The van der Waals surface area contributed by atoms with Crippen LogP contribution in [0.25, 0.3) is 0 Å². The van der Waals surface area contributed by atoms with Crippen LogP contribution >= 0.6 is 0 Å². The van der Waals surface area contributed by atoms with Crippen LogP contribution in [0.4, 0.5) is 0 Å². The fraction of sp³-hybridized carbons (Fsp3) is 0.647. The average Bonchev–Trinajstić information content (AvgIpc) is 2.43. The summed E-state index contributed by atoms with van der Waals surface area (Å²) in [5, 5.41) is 17.4. The van der Waals surface area contributed by atoms with Crippen LogP contribution in [0, 0.1) is 0 Å². The van der Waals surface area contributed by atoms with Gasteiger partial charge in [-0.3, -0.25) is 0 Å². The van der Waals surface area contributed by atoms with E-state index in [2.05, 4.69) is 13.0 Å². The highest BCUT2D eigenvalue weighted by molar-refractivity contribution is 5.14. The molecule has 0 aromatic carbocycles. The molecule has 0 radical (unpaired) electrons. The van der Waals surface area contributed by atoms with Gasteiger partial charge in [0.2, 0.25) is 0 Å². The molecule has 2 nitrogen and oxygen atoms in total. The monoisotopic (exact) mass is 266 g/mol. The summed E-state index contributed by atoms with van der Waals surface area (Å²) < 4.78 is 0. The molecule has 0 spiro atoms. The summed E-state index contributed by atoms with van der Waals surface area (Å²) in [6.07, 6.45) is 21.2. The quantitative estimate of drug-likeness (QED) is 0.259. The third-order valence-electron chi connectivity index (χ3n) is 3.12. The molecular formula is C17H30O2. The maximum atomic E-state index is 8.93. The van der Waals surface area contributed by atoms with Crippen molar-refractivity contribution in [3.05, 3.63) is 36.3 Å². The van der Waals surface area contributed by atoms with E-state index in [1.807, 2.05) is 6.08 Å². The Bertz CT molecular complexity index is 264. The second-order valence-corrected chi connectivity index (χ2v) is 4.96. The van der Waals surface area contributed by atoms with Crippen LogP contribution in [0.1, 0.15) is 71.1 Å². The molecule has 0 aromatic heterocycles. The predicted octanol–water partition coefficient (Wildman–Crippen LogP) is 5.98. The van der Waals surface area contributed by atoms with Crippen LogP contribution in [0.3, 0.4) is 0 Å². The highest BCUT2D eigenvalue weighted by Crippen LogP contribution is 2.10. The maximum Gasteiger partial charge on any atom is 0.149 e. The molecule has 19 heavy (non-hydrogen) atoms. The number of aliphatic hydroxyl groups excluding tert-OH is 2. The van der Waals surface area contributed by atoms with Crippen LogP contribution in [0.15, 0.2) is 36.3 Å². The molecule has 0 atom stereocenters. The van der Waals surface area contributed by atoms with Gasteiger partial charge in [0.05, 0.1) is 0 Å². The normalized spacial score (nSPS) is 12.8. The third-order valence-corrected chi connectivity index (χ3v) is 3.12. The highest BCUT2D eigenvalue weighted by Gasteiger charge is 1.90. The SMILES string of the molecule is CCCCCCCCCCCC=CC=CC(O)=CO. The van der Waals surface area contributed by atoms with Crippen molar-refractivity contribution < 1.29 is 10.2 Å². The summed E-state index contributed by atoms with van der Waals surface area (Å²) in [6.45, 7) is 2.25. The van der Waals surface area contributed by atoms with Gasteiger partial charge in [-0.15, -0.1) is 0 Å². The first-order valence-electron chi connectivity index (χ1n) is 7.67. The minimum absolute atomic E-state index is 0.118. The number of allylic oxidation sites excluding steroid dienone is 4.